The van der Waals surface area contributed by atoms with Crippen LogP contribution >= 0.6 is 0 Å². The first-order valence-corrected chi connectivity index (χ1v) is 23.5. The van der Waals surface area contributed by atoms with Gasteiger partial charge >= 0.3 is 5.97 Å². The maximum Gasteiger partial charge on any atom is 0.326 e. The Morgan fingerprint density at radius 2 is 0.841 bits per heavy atom. The molecule has 0 aliphatic carbocycles. The van der Waals surface area contributed by atoms with E-state index in [1.54, 1.807) is 30.3 Å². The Morgan fingerprint density at radius 3 is 1.22 bits per heavy atom. The number of nitrogens with two attached hydrogens (primary N) is 7. The zero-order valence-corrected chi connectivity index (χ0v) is 41.0. The number of nitrogens with zero attached hydrogens (tertiary/aromatic N) is 3. The molecule has 24 heteroatoms. The van der Waals surface area contributed by atoms with E-state index in [1.165, 1.54) is 0 Å². The van der Waals surface area contributed by atoms with Crippen molar-refractivity contribution in [3.63, 3.8) is 0 Å². The van der Waals surface area contributed by atoms with Crippen LogP contribution in [0.2, 0.25) is 0 Å². The molecule has 0 unspecified atom stereocenters. The largest absolute Gasteiger partial charge is 0.480 e. The monoisotopic (exact) mass is 973 g/mol. The van der Waals surface area contributed by atoms with Crippen LogP contribution in [0.4, 0.5) is 0 Å². The fraction of sp³-hybridized carbons (Fsp3) is 0.644. The number of guanidine groups is 3. The van der Waals surface area contributed by atoms with E-state index in [0.717, 1.165) is 0 Å². The van der Waals surface area contributed by atoms with Crippen LogP contribution in [0.1, 0.15) is 105 Å². The van der Waals surface area contributed by atoms with Gasteiger partial charge < -0.3 is 77.1 Å². The first kappa shape index (κ1) is 60.3. The van der Waals surface area contributed by atoms with Gasteiger partial charge in [-0.3, -0.25) is 43.7 Å². The lowest BCUT2D eigenvalue weighted by atomic mass is 9.98. The van der Waals surface area contributed by atoms with Crippen molar-refractivity contribution in [2.75, 3.05) is 19.6 Å². The summed E-state index contributed by atoms with van der Waals surface area (Å²) in [6.07, 6.45) is 1.60. The van der Waals surface area contributed by atoms with Crippen LogP contribution < -0.4 is 72.0 Å². The third-order valence-electron chi connectivity index (χ3n) is 10.9. The molecule has 24 nitrogen and oxygen atoms in total. The molecular weight excluding hydrogens is 893 g/mol. The summed E-state index contributed by atoms with van der Waals surface area (Å²) < 4.78 is 0. The molecule has 0 heterocycles. The molecule has 0 aromatic heterocycles. The van der Waals surface area contributed by atoms with Crippen molar-refractivity contribution < 1.29 is 38.7 Å². The molecule has 8 atom stereocenters. The number of carbonyl (C=O) groups excluding carboxylic acids is 6. The number of amides is 6. The summed E-state index contributed by atoms with van der Waals surface area (Å²) in [5.41, 5.74) is 39.6. The summed E-state index contributed by atoms with van der Waals surface area (Å²) >= 11 is 0. The quantitative estimate of drug-likeness (QED) is 0.0203. The van der Waals surface area contributed by atoms with Crippen LogP contribution in [0.3, 0.4) is 0 Å². The molecule has 21 N–H and O–H groups in total. The molecule has 1 aromatic carbocycles. The van der Waals surface area contributed by atoms with Crippen molar-refractivity contribution in [3.05, 3.63) is 35.9 Å². The number of hydrogen-bond donors (Lipinski definition) is 14. The third-order valence-corrected chi connectivity index (χ3v) is 10.9. The molecule has 0 aliphatic rings. The van der Waals surface area contributed by atoms with Gasteiger partial charge in [-0.15, -0.1) is 0 Å². The lowest BCUT2D eigenvalue weighted by molar-refractivity contribution is -0.142. The van der Waals surface area contributed by atoms with Gasteiger partial charge in [0.1, 0.15) is 36.3 Å². The molecule has 0 fully saturated rings. The number of nitrogens with one attached hydrogen (secondary N) is 6. The van der Waals surface area contributed by atoms with E-state index in [1.807, 2.05) is 41.5 Å². The second-order valence-electron chi connectivity index (χ2n) is 17.9. The molecule has 0 saturated heterocycles. The van der Waals surface area contributed by atoms with E-state index >= 15 is 0 Å². The van der Waals surface area contributed by atoms with E-state index in [9.17, 15) is 38.7 Å². The van der Waals surface area contributed by atoms with Crippen molar-refractivity contribution >= 4 is 59.3 Å². The Balaban J connectivity index is 3.58. The lowest BCUT2D eigenvalue weighted by Gasteiger charge is -2.28. The van der Waals surface area contributed by atoms with Gasteiger partial charge in [-0.25, -0.2) is 4.79 Å². The molecule has 1 rings (SSSR count). The van der Waals surface area contributed by atoms with Crippen LogP contribution in [0.5, 0.6) is 0 Å². The maximum atomic E-state index is 14.4. The summed E-state index contributed by atoms with van der Waals surface area (Å²) in [4.78, 5) is 108. The fourth-order valence-electron chi connectivity index (χ4n) is 6.91. The zero-order chi connectivity index (χ0) is 52.2. The van der Waals surface area contributed by atoms with Gasteiger partial charge in [-0.1, -0.05) is 78.3 Å². The molecular formula is C45H80N16O8. The van der Waals surface area contributed by atoms with E-state index in [0.29, 0.717) is 18.4 Å². The summed E-state index contributed by atoms with van der Waals surface area (Å²) in [5, 5.41) is 26.1. The molecule has 0 bridgehead atoms. The number of carbonyl (C=O) groups is 7. The Morgan fingerprint density at radius 1 is 0.507 bits per heavy atom. The average molecular weight is 973 g/mol. The van der Waals surface area contributed by atoms with Gasteiger partial charge in [0.15, 0.2) is 17.9 Å². The minimum absolute atomic E-state index is 0.00415. The molecule has 69 heavy (non-hydrogen) atoms. The minimum atomic E-state index is -1.32. The predicted octanol–water partition coefficient (Wildman–Crippen LogP) is -2.15. The van der Waals surface area contributed by atoms with Gasteiger partial charge in [0.2, 0.25) is 35.4 Å². The van der Waals surface area contributed by atoms with Crippen molar-refractivity contribution in [2.45, 2.75) is 148 Å². The Hall–Kier alpha value is -6.72. The number of aliphatic carboxylic acids is 1. The predicted molar refractivity (Wildman–Crippen MR) is 265 cm³/mol. The maximum absolute atomic E-state index is 14.4. The van der Waals surface area contributed by atoms with Crippen LogP contribution in [0.15, 0.2) is 45.3 Å². The Labute approximate surface area is 405 Å². The van der Waals surface area contributed by atoms with Crippen LogP contribution in [-0.2, 0) is 40.0 Å². The molecule has 6 amide bonds. The normalized spacial score (nSPS) is 14.5. The van der Waals surface area contributed by atoms with Gasteiger partial charge in [0.05, 0.1) is 6.04 Å². The molecule has 0 spiro atoms. The van der Waals surface area contributed by atoms with Gasteiger partial charge in [0, 0.05) is 26.1 Å². The number of carboxylic acids is 1. The Kier molecular flexibility index (Phi) is 28.1. The summed E-state index contributed by atoms with van der Waals surface area (Å²) in [5.74, 6) is -6.54. The standard InChI is InChI=1S/C45H80N16O8/c1-7-27(6)35(46)41(67)57-30(17-12-20-54-44(49)50)37(63)59-32(22-25(2)3)38(64)56-29(16-11-19-53-43(47)48)36(62)61-34(24-28-14-9-8-10-15-28)40(66)60-33(23-26(4)5)39(65)58-31(42(68)69)18-13-21-55-45(51)52/h8-10,14-15,25-27,29-35H,7,11-13,16-24,46H2,1-6H3,(H,56,64)(H,57,67)(H,58,65)(H,59,63)(H,60,66)(H,61,62)(H,68,69)(H4,47,48,53)(H4,49,50,54)(H4,51,52,55)/t27-,29-,30-,31-,32-,33-,34-,35-/m0/s1. The fourth-order valence-corrected chi connectivity index (χ4v) is 6.91. The van der Waals surface area contributed by atoms with Crippen molar-refractivity contribution in [2.24, 2.45) is 72.9 Å². The molecule has 0 saturated carbocycles. The highest BCUT2D eigenvalue weighted by Gasteiger charge is 2.34. The highest BCUT2D eigenvalue weighted by Crippen LogP contribution is 2.13. The minimum Gasteiger partial charge on any atom is -0.480 e. The van der Waals surface area contributed by atoms with Crippen LogP contribution in [-0.4, -0.2) is 126 Å². The number of benzene rings is 1. The summed E-state index contributed by atoms with van der Waals surface area (Å²) in [7, 11) is 0. The van der Waals surface area contributed by atoms with Crippen molar-refractivity contribution in [3.8, 4) is 0 Å². The van der Waals surface area contributed by atoms with Gasteiger partial charge in [-0.2, -0.15) is 0 Å². The van der Waals surface area contributed by atoms with Gasteiger partial charge in [0.25, 0.3) is 0 Å². The highest BCUT2D eigenvalue weighted by molar-refractivity contribution is 5.97. The first-order chi connectivity index (χ1) is 32.4. The van der Waals surface area contributed by atoms with E-state index in [-0.39, 0.29) is 107 Å². The van der Waals surface area contributed by atoms with Crippen molar-refractivity contribution in [1.29, 1.82) is 0 Å². The molecule has 0 aliphatic heterocycles. The number of aliphatic imine (C=N–C) groups is 3. The van der Waals surface area contributed by atoms with E-state index in [4.69, 9.17) is 40.1 Å². The number of carboxylic acid groups (broad SMARTS) is 1. The molecule has 1 aromatic rings. The topological polar surface area (TPSA) is 431 Å². The highest BCUT2D eigenvalue weighted by atomic mass is 16.4. The number of hydrogen-bond acceptors (Lipinski definition) is 11. The average Bonchev–Trinajstić information content (AvgIpc) is 3.27. The lowest BCUT2D eigenvalue weighted by Crippen LogP contribution is -2.60. The summed E-state index contributed by atoms with van der Waals surface area (Å²) in [6.45, 7) is 11.4. The molecule has 388 valence electrons. The summed E-state index contributed by atoms with van der Waals surface area (Å²) in [6, 6.07) is 0.349. The zero-order valence-electron chi connectivity index (χ0n) is 41.0. The van der Waals surface area contributed by atoms with Crippen LogP contribution in [0, 0.1) is 17.8 Å². The smallest absolute Gasteiger partial charge is 0.326 e. The second kappa shape index (κ2) is 32.1. The third kappa shape index (κ3) is 25.3. The second-order valence-corrected chi connectivity index (χ2v) is 17.9. The van der Waals surface area contributed by atoms with Crippen molar-refractivity contribution in [1.82, 2.24) is 31.9 Å². The van der Waals surface area contributed by atoms with Gasteiger partial charge in [-0.05, 0) is 74.7 Å². The Bertz CT molecular complexity index is 1890. The van der Waals surface area contributed by atoms with E-state index < -0.39 is 83.7 Å². The first-order valence-electron chi connectivity index (χ1n) is 23.5. The van der Waals surface area contributed by atoms with Crippen LogP contribution in [0.25, 0.3) is 0 Å². The number of rotatable bonds is 33. The van der Waals surface area contributed by atoms with E-state index in [2.05, 4.69) is 46.9 Å². The molecule has 0 radical (unpaired) electrons. The SMILES string of the molecule is CC[C@H](C)[C@H](N)C(=O)N[C@@H](CCCN=C(N)N)C(=O)N[C@@H](CC(C)C)C(=O)N[C@@H](CCCN=C(N)N)C(=O)N[C@@H](Cc1ccccc1)C(=O)N[C@@H](CC(C)C)C(=O)N[C@@H](CCCN=C(N)N)C(=O)O.